The molecule has 0 aliphatic carbocycles. The molecular weight excluding hydrogens is 290 g/mol. The molecular formula is C23H15N. The molecule has 0 unspecified atom stereocenters. The van der Waals surface area contributed by atoms with Crippen LogP contribution in [0, 0.1) is 0 Å². The first-order valence-corrected chi connectivity index (χ1v) is 8.16. The van der Waals surface area contributed by atoms with Crippen LogP contribution in [0.4, 0.5) is 0 Å². The zero-order chi connectivity index (χ0) is 15.9. The van der Waals surface area contributed by atoms with E-state index in [0.29, 0.717) is 0 Å². The lowest BCUT2D eigenvalue weighted by Gasteiger charge is -2.10. The SMILES string of the molecule is c1ccc(-c2nccc3c2ccc2c4ccccc4ccc32)cc1. The minimum atomic E-state index is 1.04. The van der Waals surface area contributed by atoms with E-state index in [1.165, 1.54) is 32.3 Å². The number of rotatable bonds is 1. The summed E-state index contributed by atoms with van der Waals surface area (Å²) in [6.45, 7) is 0. The standard InChI is InChI=1S/C23H15N/c1-2-7-17(8-3-1)23-22-13-12-19-18-9-5-4-6-16(18)10-11-20(19)21(22)14-15-24-23/h1-15H. The third-order valence-corrected chi connectivity index (χ3v) is 4.71. The number of hydrogen-bond donors (Lipinski definition) is 0. The van der Waals surface area contributed by atoms with Crippen molar-refractivity contribution in [2.45, 2.75) is 0 Å². The molecule has 0 bridgehead atoms. The third-order valence-electron chi connectivity index (χ3n) is 4.71. The van der Waals surface area contributed by atoms with Gasteiger partial charge in [0.2, 0.25) is 0 Å². The molecule has 0 radical (unpaired) electrons. The monoisotopic (exact) mass is 305 g/mol. The Kier molecular flexibility index (Phi) is 2.86. The molecule has 0 spiro atoms. The van der Waals surface area contributed by atoms with Crippen LogP contribution in [-0.2, 0) is 0 Å². The summed E-state index contributed by atoms with van der Waals surface area (Å²) >= 11 is 0. The van der Waals surface area contributed by atoms with Gasteiger partial charge in [0.15, 0.2) is 0 Å². The molecule has 1 nitrogen and oxygen atoms in total. The maximum absolute atomic E-state index is 4.65. The highest BCUT2D eigenvalue weighted by Crippen LogP contribution is 2.34. The summed E-state index contributed by atoms with van der Waals surface area (Å²) in [5.41, 5.74) is 2.20. The lowest BCUT2D eigenvalue weighted by Crippen LogP contribution is -1.87. The predicted molar refractivity (Wildman–Crippen MR) is 102 cm³/mol. The second-order valence-electron chi connectivity index (χ2n) is 6.07. The number of pyridine rings is 1. The van der Waals surface area contributed by atoms with Gasteiger partial charge in [-0.05, 0) is 33.0 Å². The maximum Gasteiger partial charge on any atom is 0.0780 e. The Morgan fingerprint density at radius 3 is 2.04 bits per heavy atom. The van der Waals surface area contributed by atoms with Crippen LogP contribution in [-0.4, -0.2) is 4.98 Å². The number of aromatic nitrogens is 1. The van der Waals surface area contributed by atoms with Crippen LogP contribution in [0.5, 0.6) is 0 Å². The highest BCUT2D eigenvalue weighted by Gasteiger charge is 2.09. The minimum absolute atomic E-state index is 1.04. The zero-order valence-electron chi connectivity index (χ0n) is 13.1. The summed E-state index contributed by atoms with van der Waals surface area (Å²) in [5, 5.41) is 7.62. The smallest absolute Gasteiger partial charge is 0.0780 e. The molecule has 0 aliphatic heterocycles. The fourth-order valence-corrected chi connectivity index (χ4v) is 3.58. The van der Waals surface area contributed by atoms with Crippen molar-refractivity contribution in [3.8, 4) is 11.3 Å². The van der Waals surface area contributed by atoms with Crippen LogP contribution >= 0.6 is 0 Å². The Balaban J connectivity index is 1.91. The van der Waals surface area contributed by atoms with Crippen LogP contribution in [0.2, 0.25) is 0 Å². The summed E-state index contributed by atoms with van der Waals surface area (Å²) in [6.07, 6.45) is 1.92. The van der Waals surface area contributed by atoms with Crippen molar-refractivity contribution >= 4 is 32.3 Å². The third kappa shape index (κ3) is 1.92. The number of hydrogen-bond acceptors (Lipinski definition) is 1. The average molecular weight is 305 g/mol. The Bertz CT molecular complexity index is 1190. The molecule has 5 aromatic rings. The molecule has 0 aliphatic rings. The Morgan fingerprint density at radius 1 is 0.458 bits per heavy atom. The van der Waals surface area contributed by atoms with Crippen molar-refractivity contribution in [1.82, 2.24) is 4.98 Å². The van der Waals surface area contributed by atoms with Crippen molar-refractivity contribution in [3.63, 3.8) is 0 Å². The van der Waals surface area contributed by atoms with E-state index in [0.717, 1.165) is 11.3 Å². The fraction of sp³-hybridized carbons (Fsp3) is 0. The summed E-state index contributed by atoms with van der Waals surface area (Å²) in [7, 11) is 0. The molecule has 1 heteroatoms. The largest absolute Gasteiger partial charge is 0.256 e. The molecule has 4 aromatic carbocycles. The number of benzene rings is 4. The van der Waals surface area contributed by atoms with E-state index < -0.39 is 0 Å². The Morgan fingerprint density at radius 2 is 1.12 bits per heavy atom. The number of fused-ring (bicyclic) bond motifs is 5. The van der Waals surface area contributed by atoms with E-state index in [4.69, 9.17) is 0 Å². The fourth-order valence-electron chi connectivity index (χ4n) is 3.58. The first-order valence-electron chi connectivity index (χ1n) is 8.16. The Hall–Kier alpha value is -3.19. The Labute approximate surface area is 140 Å². The first-order chi connectivity index (χ1) is 11.9. The van der Waals surface area contributed by atoms with Gasteiger partial charge in [-0.3, -0.25) is 4.98 Å². The summed E-state index contributed by atoms with van der Waals surface area (Å²) in [5.74, 6) is 0. The molecule has 0 atom stereocenters. The molecule has 112 valence electrons. The van der Waals surface area contributed by atoms with Crippen LogP contribution in [0.3, 0.4) is 0 Å². The quantitative estimate of drug-likeness (QED) is 0.336. The predicted octanol–water partition coefficient (Wildman–Crippen LogP) is 6.21. The molecule has 5 rings (SSSR count). The number of nitrogens with zero attached hydrogens (tertiary/aromatic N) is 1. The lowest BCUT2D eigenvalue weighted by atomic mass is 9.95. The van der Waals surface area contributed by atoms with E-state index in [-0.39, 0.29) is 0 Å². The van der Waals surface area contributed by atoms with Crippen molar-refractivity contribution in [2.24, 2.45) is 0 Å². The normalized spacial score (nSPS) is 11.3. The van der Waals surface area contributed by atoms with Gasteiger partial charge < -0.3 is 0 Å². The molecule has 0 amide bonds. The van der Waals surface area contributed by atoms with Crippen molar-refractivity contribution in [1.29, 1.82) is 0 Å². The van der Waals surface area contributed by atoms with E-state index in [1.54, 1.807) is 0 Å². The van der Waals surface area contributed by atoms with Gasteiger partial charge in [-0.2, -0.15) is 0 Å². The highest BCUT2D eigenvalue weighted by atomic mass is 14.7. The topological polar surface area (TPSA) is 12.9 Å². The van der Waals surface area contributed by atoms with E-state index >= 15 is 0 Å². The van der Waals surface area contributed by atoms with Gasteiger partial charge >= 0.3 is 0 Å². The van der Waals surface area contributed by atoms with Gasteiger partial charge in [0.05, 0.1) is 5.69 Å². The van der Waals surface area contributed by atoms with E-state index in [9.17, 15) is 0 Å². The van der Waals surface area contributed by atoms with Crippen LogP contribution < -0.4 is 0 Å². The van der Waals surface area contributed by atoms with Gasteiger partial charge in [0, 0.05) is 17.1 Å². The molecule has 0 fully saturated rings. The first kappa shape index (κ1) is 13.3. The maximum atomic E-state index is 4.65. The van der Waals surface area contributed by atoms with Crippen molar-refractivity contribution in [2.75, 3.05) is 0 Å². The van der Waals surface area contributed by atoms with E-state index in [2.05, 4.69) is 83.8 Å². The average Bonchev–Trinajstić information content (AvgIpc) is 2.67. The van der Waals surface area contributed by atoms with Gasteiger partial charge in [0.1, 0.15) is 0 Å². The summed E-state index contributed by atoms with van der Waals surface area (Å²) < 4.78 is 0. The molecule has 1 aromatic heterocycles. The molecule has 0 saturated heterocycles. The van der Waals surface area contributed by atoms with Gasteiger partial charge in [0.25, 0.3) is 0 Å². The summed E-state index contributed by atoms with van der Waals surface area (Å²) in [6, 6.07) is 30.0. The second-order valence-corrected chi connectivity index (χ2v) is 6.07. The van der Waals surface area contributed by atoms with Gasteiger partial charge in [-0.1, -0.05) is 78.9 Å². The zero-order valence-corrected chi connectivity index (χ0v) is 13.1. The van der Waals surface area contributed by atoms with Crippen LogP contribution in [0.25, 0.3) is 43.6 Å². The molecule has 1 heterocycles. The van der Waals surface area contributed by atoms with Crippen molar-refractivity contribution < 1.29 is 0 Å². The molecule has 0 N–H and O–H groups in total. The minimum Gasteiger partial charge on any atom is -0.256 e. The van der Waals surface area contributed by atoms with Crippen LogP contribution in [0.15, 0.2) is 91.1 Å². The van der Waals surface area contributed by atoms with E-state index in [1.807, 2.05) is 12.3 Å². The van der Waals surface area contributed by atoms with Gasteiger partial charge in [-0.25, -0.2) is 0 Å². The van der Waals surface area contributed by atoms with Crippen LogP contribution in [0.1, 0.15) is 0 Å². The molecule has 0 saturated carbocycles. The van der Waals surface area contributed by atoms with Gasteiger partial charge in [-0.15, -0.1) is 0 Å². The molecule has 24 heavy (non-hydrogen) atoms. The van der Waals surface area contributed by atoms with Crippen molar-refractivity contribution in [3.05, 3.63) is 91.1 Å². The summed E-state index contributed by atoms with van der Waals surface area (Å²) in [4.78, 5) is 4.65. The lowest BCUT2D eigenvalue weighted by molar-refractivity contribution is 1.36. The highest BCUT2D eigenvalue weighted by molar-refractivity contribution is 6.18. The second kappa shape index (κ2) is 5.17.